The summed E-state index contributed by atoms with van der Waals surface area (Å²) in [6.07, 6.45) is 3.06. The molecular weight excluding hydrogens is 234 g/mol. The van der Waals surface area contributed by atoms with Gasteiger partial charge in [-0.25, -0.2) is 4.98 Å². The van der Waals surface area contributed by atoms with E-state index >= 15 is 0 Å². The van der Waals surface area contributed by atoms with E-state index in [2.05, 4.69) is 10.2 Å². The lowest BCUT2D eigenvalue weighted by Gasteiger charge is -2.31. The third-order valence-corrected chi connectivity index (χ3v) is 3.19. The number of hydrogen-bond donors (Lipinski definition) is 0. The molecular formula is C12H15N3O3. The van der Waals surface area contributed by atoms with E-state index in [0.717, 1.165) is 0 Å². The van der Waals surface area contributed by atoms with E-state index in [1.165, 1.54) is 7.11 Å². The van der Waals surface area contributed by atoms with Gasteiger partial charge in [-0.1, -0.05) is 0 Å². The number of rotatable bonds is 3. The predicted octanol–water partition coefficient (Wildman–Crippen LogP) is 1.87. The van der Waals surface area contributed by atoms with E-state index in [4.69, 9.17) is 4.74 Å². The molecule has 6 heteroatoms. The van der Waals surface area contributed by atoms with Crippen LogP contribution >= 0.6 is 0 Å². The highest BCUT2D eigenvalue weighted by molar-refractivity contribution is 5.73. The van der Waals surface area contributed by atoms with Crippen molar-refractivity contribution in [1.29, 1.82) is 0 Å². The van der Waals surface area contributed by atoms with E-state index in [-0.39, 0.29) is 11.9 Å². The number of nitroso groups, excluding NO2 is 1. The molecule has 96 valence electrons. The number of ether oxygens (including phenoxy) is 1. The maximum atomic E-state index is 11.4. The minimum Gasteiger partial charge on any atom is -0.469 e. The standard InChI is InChI=1S/C12H15N3O3/c1-18-12(16)9-4-7-15(8-5-9)11-10(14-17)3-2-6-13-11/h2-3,6,9H,4-5,7-8H2,1H3. The molecule has 6 nitrogen and oxygen atoms in total. The third kappa shape index (κ3) is 2.47. The number of carbonyl (C=O) groups is 1. The average Bonchev–Trinajstić information content (AvgIpc) is 2.46. The zero-order valence-corrected chi connectivity index (χ0v) is 10.2. The van der Waals surface area contributed by atoms with Gasteiger partial charge in [0.15, 0.2) is 5.82 Å². The van der Waals surface area contributed by atoms with Crippen molar-refractivity contribution in [3.63, 3.8) is 0 Å². The molecule has 0 unspecified atom stereocenters. The van der Waals surface area contributed by atoms with Gasteiger partial charge >= 0.3 is 5.97 Å². The fraction of sp³-hybridized carbons (Fsp3) is 0.500. The number of esters is 1. The Labute approximate surface area is 105 Å². The van der Waals surface area contributed by atoms with Gasteiger partial charge in [0.25, 0.3) is 0 Å². The number of carbonyl (C=O) groups excluding carboxylic acids is 1. The van der Waals surface area contributed by atoms with Crippen molar-refractivity contribution < 1.29 is 9.53 Å². The smallest absolute Gasteiger partial charge is 0.308 e. The number of pyridine rings is 1. The van der Waals surface area contributed by atoms with E-state index in [0.29, 0.717) is 37.4 Å². The fourth-order valence-electron chi connectivity index (χ4n) is 2.20. The lowest BCUT2D eigenvalue weighted by molar-refractivity contribution is -0.146. The summed E-state index contributed by atoms with van der Waals surface area (Å²) in [6.45, 7) is 1.36. The maximum absolute atomic E-state index is 11.4. The molecule has 0 bridgehead atoms. The number of hydrogen-bond acceptors (Lipinski definition) is 6. The number of piperidine rings is 1. The first-order valence-corrected chi connectivity index (χ1v) is 5.87. The van der Waals surface area contributed by atoms with Crippen molar-refractivity contribution in [2.45, 2.75) is 12.8 Å². The zero-order valence-electron chi connectivity index (χ0n) is 10.2. The van der Waals surface area contributed by atoms with Crippen molar-refractivity contribution in [3.05, 3.63) is 23.2 Å². The molecule has 0 spiro atoms. The van der Waals surface area contributed by atoms with Gasteiger partial charge in [0.05, 0.1) is 13.0 Å². The van der Waals surface area contributed by atoms with Gasteiger partial charge in [0.2, 0.25) is 0 Å². The Bertz CT molecular complexity index is 442. The van der Waals surface area contributed by atoms with Crippen LogP contribution in [0.25, 0.3) is 0 Å². The lowest BCUT2D eigenvalue weighted by Crippen LogP contribution is -2.37. The van der Waals surface area contributed by atoms with Gasteiger partial charge in [0.1, 0.15) is 5.69 Å². The first-order chi connectivity index (χ1) is 8.76. The van der Waals surface area contributed by atoms with E-state index in [9.17, 15) is 9.70 Å². The van der Waals surface area contributed by atoms with Crippen LogP contribution in [0.2, 0.25) is 0 Å². The van der Waals surface area contributed by atoms with Gasteiger partial charge in [0, 0.05) is 19.3 Å². The summed E-state index contributed by atoms with van der Waals surface area (Å²) in [4.78, 5) is 28.3. The van der Waals surface area contributed by atoms with Gasteiger partial charge < -0.3 is 9.64 Å². The summed E-state index contributed by atoms with van der Waals surface area (Å²) < 4.78 is 4.73. The normalized spacial score (nSPS) is 16.4. The SMILES string of the molecule is COC(=O)C1CCN(c2ncccc2N=O)CC1. The summed E-state index contributed by atoms with van der Waals surface area (Å²) in [7, 11) is 1.40. The van der Waals surface area contributed by atoms with Gasteiger partial charge in [-0.05, 0) is 30.2 Å². The monoisotopic (exact) mass is 249 g/mol. The van der Waals surface area contributed by atoms with Crippen molar-refractivity contribution in [1.82, 2.24) is 4.98 Å². The Hall–Kier alpha value is -1.98. The molecule has 0 N–H and O–H groups in total. The van der Waals surface area contributed by atoms with Crippen LogP contribution in [0.3, 0.4) is 0 Å². The summed E-state index contributed by atoms with van der Waals surface area (Å²) >= 11 is 0. The molecule has 1 saturated heterocycles. The molecule has 1 aliphatic rings. The summed E-state index contributed by atoms with van der Waals surface area (Å²) in [5.41, 5.74) is 0.342. The quantitative estimate of drug-likeness (QED) is 0.604. The molecule has 0 amide bonds. The largest absolute Gasteiger partial charge is 0.469 e. The van der Waals surface area contributed by atoms with Crippen molar-refractivity contribution in [2.75, 3.05) is 25.1 Å². The lowest BCUT2D eigenvalue weighted by atomic mass is 9.97. The minimum atomic E-state index is -0.163. The number of aromatic nitrogens is 1. The molecule has 0 saturated carbocycles. The second-order valence-corrected chi connectivity index (χ2v) is 4.22. The first-order valence-electron chi connectivity index (χ1n) is 5.87. The van der Waals surface area contributed by atoms with Crippen LogP contribution in [0.1, 0.15) is 12.8 Å². The average molecular weight is 249 g/mol. The topological polar surface area (TPSA) is 71.9 Å². The van der Waals surface area contributed by atoms with E-state index < -0.39 is 0 Å². The Balaban J connectivity index is 2.05. The molecule has 2 heterocycles. The molecule has 0 aliphatic carbocycles. The van der Waals surface area contributed by atoms with Crippen LogP contribution in [0.5, 0.6) is 0 Å². The van der Waals surface area contributed by atoms with Gasteiger partial charge in [-0.2, -0.15) is 0 Å². The Morgan fingerprint density at radius 3 is 2.83 bits per heavy atom. The van der Waals surface area contributed by atoms with Crippen molar-refractivity contribution >= 4 is 17.5 Å². The second kappa shape index (κ2) is 5.57. The molecule has 0 aromatic carbocycles. The number of anilines is 1. The highest BCUT2D eigenvalue weighted by Gasteiger charge is 2.27. The highest BCUT2D eigenvalue weighted by Crippen LogP contribution is 2.29. The summed E-state index contributed by atoms with van der Waals surface area (Å²) in [6, 6.07) is 3.32. The van der Waals surface area contributed by atoms with Crippen molar-refractivity contribution in [3.8, 4) is 0 Å². The van der Waals surface area contributed by atoms with E-state index in [1.807, 2.05) is 4.90 Å². The van der Waals surface area contributed by atoms with E-state index in [1.54, 1.807) is 18.3 Å². The third-order valence-electron chi connectivity index (χ3n) is 3.19. The van der Waals surface area contributed by atoms with Crippen LogP contribution in [-0.4, -0.2) is 31.2 Å². The Kier molecular flexibility index (Phi) is 3.86. The maximum Gasteiger partial charge on any atom is 0.308 e. The van der Waals surface area contributed by atoms with Crippen molar-refractivity contribution in [2.24, 2.45) is 11.1 Å². The summed E-state index contributed by atoms with van der Waals surface area (Å²) in [5, 5.41) is 2.97. The second-order valence-electron chi connectivity index (χ2n) is 4.22. The molecule has 0 radical (unpaired) electrons. The van der Waals surface area contributed by atoms with Crippen LogP contribution in [0, 0.1) is 10.8 Å². The molecule has 1 fully saturated rings. The molecule has 1 aliphatic heterocycles. The van der Waals surface area contributed by atoms with Crippen LogP contribution < -0.4 is 4.90 Å². The zero-order chi connectivity index (χ0) is 13.0. The predicted molar refractivity (Wildman–Crippen MR) is 66.6 cm³/mol. The number of nitrogens with zero attached hydrogens (tertiary/aromatic N) is 3. The van der Waals surface area contributed by atoms with Gasteiger partial charge in [-0.3, -0.25) is 4.79 Å². The molecule has 2 rings (SSSR count). The Morgan fingerprint density at radius 2 is 2.22 bits per heavy atom. The molecule has 1 aromatic rings. The minimum absolute atomic E-state index is 0.0531. The molecule has 18 heavy (non-hydrogen) atoms. The highest BCUT2D eigenvalue weighted by atomic mass is 16.5. The Morgan fingerprint density at radius 1 is 1.50 bits per heavy atom. The van der Waals surface area contributed by atoms with Gasteiger partial charge in [-0.15, -0.1) is 4.91 Å². The fourth-order valence-corrected chi connectivity index (χ4v) is 2.20. The van der Waals surface area contributed by atoms with Crippen LogP contribution in [0.15, 0.2) is 23.5 Å². The summed E-state index contributed by atoms with van der Waals surface area (Å²) in [5.74, 6) is 0.378. The molecule has 0 atom stereocenters. The first kappa shape index (κ1) is 12.5. The van der Waals surface area contributed by atoms with Crippen LogP contribution in [0.4, 0.5) is 11.5 Å². The number of methoxy groups -OCH3 is 1. The van der Waals surface area contributed by atoms with Crippen LogP contribution in [-0.2, 0) is 9.53 Å². The molecule has 1 aromatic heterocycles.